The summed E-state index contributed by atoms with van der Waals surface area (Å²) in [5, 5.41) is 8.00. The van der Waals surface area contributed by atoms with Gasteiger partial charge in [-0.25, -0.2) is 8.78 Å². The van der Waals surface area contributed by atoms with Crippen LogP contribution < -0.4 is 0 Å². The van der Waals surface area contributed by atoms with Gasteiger partial charge < -0.3 is 5.11 Å². The molecule has 7 heavy (non-hydrogen) atoms. The fourth-order valence-electron chi connectivity index (χ4n) is 0. The van der Waals surface area contributed by atoms with E-state index in [0.717, 1.165) is 0 Å². The second-order valence-corrected chi connectivity index (χ2v) is 1.82. The highest BCUT2D eigenvalue weighted by atomic mass is 32.1. The number of hydrogen-bond acceptors (Lipinski definition) is 2. The van der Waals surface area contributed by atoms with Gasteiger partial charge in [0.1, 0.15) is 0 Å². The van der Waals surface area contributed by atoms with Crippen LogP contribution in [0.4, 0.5) is 8.78 Å². The van der Waals surface area contributed by atoms with Crippen LogP contribution >= 0.6 is 12.6 Å². The van der Waals surface area contributed by atoms with E-state index < -0.39 is 11.4 Å². The maximum Gasteiger partial charge on any atom is 0.279 e. The van der Waals surface area contributed by atoms with Crippen LogP contribution in [0.1, 0.15) is 6.92 Å². The Bertz CT molecular complexity index is 58.4. The van der Waals surface area contributed by atoms with Crippen molar-refractivity contribution in [3.63, 3.8) is 0 Å². The molecule has 0 aliphatic rings. The fraction of sp³-hybridized carbons (Fsp3) is 1.00. The Morgan fingerprint density at radius 3 is 1.86 bits per heavy atom. The van der Waals surface area contributed by atoms with Crippen molar-refractivity contribution in [2.75, 3.05) is 0 Å². The average molecular weight is 128 g/mol. The monoisotopic (exact) mass is 128 g/mol. The van der Waals surface area contributed by atoms with E-state index in [2.05, 4.69) is 12.6 Å². The summed E-state index contributed by atoms with van der Waals surface area (Å²) in [5.41, 5.74) is -1.84. The number of thiol groups is 1. The van der Waals surface area contributed by atoms with Crippen molar-refractivity contribution in [3.8, 4) is 0 Å². The van der Waals surface area contributed by atoms with Crippen LogP contribution in [0.3, 0.4) is 0 Å². The number of aliphatic hydroxyl groups is 1. The molecule has 0 rings (SSSR count). The zero-order valence-electron chi connectivity index (χ0n) is 3.73. The summed E-state index contributed by atoms with van der Waals surface area (Å²) in [6.45, 7) is 0.602. The van der Waals surface area contributed by atoms with Crippen LogP contribution in [-0.2, 0) is 0 Å². The number of hydrogen-bond donors (Lipinski definition) is 2. The molecule has 0 aliphatic heterocycles. The van der Waals surface area contributed by atoms with E-state index in [4.69, 9.17) is 5.11 Å². The maximum atomic E-state index is 11.5. The topological polar surface area (TPSA) is 20.2 Å². The van der Waals surface area contributed by atoms with E-state index in [1.54, 1.807) is 0 Å². The Morgan fingerprint density at radius 1 is 1.71 bits per heavy atom. The van der Waals surface area contributed by atoms with E-state index in [1.165, 1.54) is 0 Å². The molecule has 0 fully saturated rings. The lowest BCUT2D eigenvalue weighted by Gasteiger charge is -2.10. The van der Waals surface area contributed by atoms with Gasteiger partial charge in [-0.05, 0) is 0 Å². The Morgan fingerprint density at radius 2 is 1.86 bits per heavy atom. The van der Waals surface area contributed by atoms with Crippen molar-refractivity contribution >= 4 is 12.6 Å². The Balaban J connectivity index is 3.54. The highest BCUT2D eigenvalue weighted by Gasteiger charge is 2.28. The Labute approximate surface area is 45.7 Å². The Hall–Kier alpha value is 0.170. The van der Waals surface area contributed by atoms with Crippen LogP contribution in [0.25, 0.3) is 0 Å². The van der Waals surface area contributed by atoms with E-state index in [9.17, 15) is 8.78 Å². The van der Waals surface area contributed by atoms with E-state index in [0.29, 0.717) is 6.92 Å². The molecule has 1 atom stereocenters. The molecule has 0 saturated heterocycles. The molecule has 1 unspecified atom stereocenters. The SMILES string of the molecule is CC(F)(F)C(O)S. The summed E-state index contributed by atoms with van der Waals surface area (Å²) in [6.07, 6.45) is 0. The van der Waals surface area contributed by atoms with Gasteiger partial charge >= 0.3 is 0 Å². The van der Waals surface area contributed by atoms with Crippen LogP contribution in [0, 0.1) is 0 Å². The number of halogens is 2. The molecular formula is C3H6F2OS. The molecular weight excluding hydrogens is 122 g/mol. The normalized spacial score (nSPS) is 16.7. The van der Waals surface area contributed by atoms with E-state index in [-0.39, 0.29) is 0 Å². The third-order valence-electron chi connectivity index (χ3n) is 0.453. The van der Waals surface area contributed by atoms with Crippen LogP contribution in [0.15, 0.2) is 0 Å². The summed E-state index contributed by atoms with van der Waals surface area (Å²) >= 11 is 3.08. The van der Waals surface area contributed by atoms with Gasteiger partial charge in [0.15, 0.2) is 5.44 Å². The first-order valence-corrected chi connectivity index (χ1v) is 2.20. The lowest BCUT2D eigenvalue weighted by atomic mass is 10.4. The standard InChI is InChI=1S/C3H6F2OS/c1-3(4,5)2(6)7/h2,6-7H,1H3. The van der Waals surface area contributed by atoms with E-state index in [1.807, 2.05) is 0 Å². The van der Waals surface area contributed by atoms with Crippen LogP contribution in [0.5, 0.6) is 0 Å². The molecule has 4 heteroatoms. The summed E-state index contributed by atoms with van der Waals surface area (Å²) in [4.78, 5) is 0. The number of aliphatic hydroxyl groups excluding tert-OH is 1. The fourth-order valence-corrected chi connectivity index (χ4v) is 0. The first-order valence-electron chi connectivity index (χ1n) is 1.68. The average Bonchev–Trinajstić information content (AvgIpc) is 1.31. The zero-order valence-corrected chi connectivity index (χ0v) is 4.62. The first-order chi connectivity index (χ1) is 2.94. The van der Waals surface area contributed by atoms with Gasteiger partial charge in [0.05, 0.1) is 0 Å². The molecule has 0 bridgehead atoms. The lowest BCUT2D eigenvalue weighted by molar-refractivity contribution is -0.0495. The zero-order chi connectivity index (χ0) is 6.08. The van der Waals surface area contributed by atoms with Crippen molar-refractivity contribution in [3.05, 3.63) is 0 Å². The largest absolute Gasteiger partial charge is 0.376 e. The molecule has 0 heterocycles. The molecule has 1 N–H and O–H groups in total. The van der Waals surface area contributed by atoms with Gasteiger partial charge in [0.25, 0.3) is 5.92 Å². The molecule has 0 spiro atoms. The van der Waals surface area contributed by atoms with Gasteiger partial charge in [0, 0.05) is 6.92 Å². The third-order valence-corrected chi connectivity index (χ3v) is 0.907. The number of alkyl halides is 2. The van der Waals surface area contributed by atoms with Gasteiger partial charge in [0.2, 0.25) is 0 Å². The second kappa shape index (κ2) is 1.96. The molecule has 44 valence electrons. The van der Waals surface area contributed by atoms with Crippen LogP contribution in [-0.4, -0.2) is 16.5 Å². The smallest absolute Gasteiger partial charge is 0.279 e. The first kappa shape index (κ1) is 7.17. The molecule has 1 nitrogen and oxygen atoms in total. The summed E-state index contributed by atoms with van der Waals surface area (Å²) in [7, 11) is 0. The molecule has 0 aromatic rings. The summed E-state index contributed by atoms with van der Waals surface area (Å²) < 4.78 is 23.0. The molecule has 0 radical (unpaired) electrons. The van der Waals surface area contributed by atoms with Crippen molar-refractivity contribution in [1.29, 1.82) is 0 Å². The molecule has 0 amide bonds. The summed E-state index contributed by atoms with van der Waals surface area (Å²) in [6, 6.07) is 0. The van der Waals surface area contributed by atoms with Gasteiger partial charge in [-0.1, -0.05) is 0 Å². The molecule has 0 aromatic carbocycles. The van der Waals surface area contributed by atoms with Crippen molar-refractivity contribution < 1.29 is 13.9 Å². The van der Waals surface area contributed by atoms with E-state index >= 15 is 0 Å². The molecule has 0 aromatic heterocycles. The maximum absolute atomic E-state index is 11.5. The predicted octanol–water partition coefficient (Wildman–Crippen LogP) is 0.890. The highest BCUT2D eigenvalue weighted by Crippen LogP contribution is 2.18. The highest BCUT2D eigenvalue weighted by molar-refractivity contribution is 7.80. The molecule has 0 aliphatic carbocycles. The van der Waals surface area contributed by atoms with Gasteiger partial charge in [-0.2, -0.15) is 0 Å². The van der Waals surface area contributed by atoms with Crippen LogP contribution in [0.2, 0.25) is 0 Å². The minimum atomic E-state index is -3.08. The third kappa shape index (κ3) is 2.82. The second-order valence-electron chi connectivity index (χ2n) is 1.33. The van der Waals surface area contributed by atoms with Gasteiger partial charge in [-0.3, -0.25) is 0 Å². The molecule has 0 saturated carbocycles. The minimum Gasteiger partial charge on any atom is -0.376 e. The quantitative estimate of drug-likeness (QED) is 0.397. The van der Waals surface area contributed by atoms with Crippen molar-refractivity contribution in [1.82, 2.24) is 0 Å². The number of rotatable bonds is 1. The van der Waals surface area contributed by atoms with Crippen molar-refractivity contribution in [2.45, 2.75) is 18.3 Å². The summed E-state index contributed by atoms with van der Waals surface area (Å²) in [5.74, 6) is -3.08. The minimum absolute atomic E-state index is 0.602. The van der Waals surface area contributed by atoms with Crippen molar-refractivity contribution in [2.24, 2.45) is 0 Å². The predicted molar refractivity (Wildman–Crippen MR) is 25.6 cm³/mol. The Kier molecular flexibility index (Phi) is 2.01. The van der Waals surface area contributed by atoms with Gasteiger partial charge in [-0.15, -0.1) is 12.6 Å². The lowest BCUT2D eigenvalue weighted by Crippen LogP contribution is -2.23.